The van der Waals surface area contributed by atoms with Gasteiger partial charge in [0.25, 0.3) is 0 Å². The van der Waals surface area contributed by atoms with E-state index in [4.69, 9.17) is 4.43 Å². The largest absolute Gasteiger partial charge is 0.418 e. The molecule has 0 aliphatic rings. The zero-order chi connectivity index (χ0) is 18.5. The third-order valence-corrected chi connectivity index (χ3v) is 8.54. The average Bonchev–Trinajstić information content (AvgIpc) is 2.54. The second kappa shape index (κ2) is 8.30. The van der Waals surface area contributed by atoms with Crippen molar-refractivity contribution in [3.8, 4) is 0 Å². The van der Waals surface area contributed by atoms with Gasteiger partial charge in [0, 0.05) is 6.61 Å². The van der Waals surface area contributed by atoms with Gasteiger partial charge in [-0.3, -0.25) is 0 Å². The van der Waals surface area contributed by atoms with Gasteiger partial charge in [0.2, 0.25) is 0 Å². The molecule has 0 radical (unpaired) electrons. The van der Waals surface area contributed by atoms with E-state index >= 15 is 0 Å². The van der Waals surface area contributed by atoms with E-state index in [0.717, 1.165) is 30.2 Å². The van der Waals surface area contributed by atoms with Crippen LogP contribution in [0.1, 0.15) is 23.6 Å². The molecule has 0 spiro atoms. The smallest absolute Gasteiger partial charge is 0.187 e. The second-order valence-electron chi connectivity index (χ2n) is 7.08. The van der Waals surface area contributed by atoms with Crippen molar-refractivity contribution >= 4 is 18.2 Å². The highest BCUT2D eigenvalue weighted by Gasteiger charge is 2.21. The first-order valence-corrected chi connectivity index (χ1v) is 13.5. The molecule has 0 amide bonds. The van der Waals surface area contributed by atoms with Gasteiger partial charge in [-0.2, -0.15) is 0 Å². The van der Waals surface area contributed by atoms with Gasteiger partial charge in [-0.1, -0.05) is 42.0 Å². The van der Waals surface area contributed by atoms with E-state index < -0.39 is 18.2 Å². The van der Waals surface area contributed by atoms with Crippen LogP contribution in [0.3, 0.4) is 0 Å². The Labute approximate surface area is 153 Å². The Morgan fingerprint density at radius 3 is 2.04 bits per heavy atom. The minimum atomic E-state index is -3.30. The summed E-state index contributed by atoms with van der Waals surface area (Å²) in [6, 6.07) is 16.0. The predicted molar refractivity (Wildman–Crippen MR) is 106 cm³/mol. The van der Waals surface area contributed by atoms with Crippen LogP contribution in [0.2, 0.25) is 19.1 Å². The molecule has 0 N–H and O–H groups in total. The molecule has 0 saturated heterocycles. The summed E-state index contributed by atoms with van der Waals surface area (Å²) < 4.78 is 30.9. The van der Waals surface area contributed by atoms with Gasteiger partial charge in [-0.25, -0.2) is 8.42 Å². The fourth-order valence-electron chi connectivity index (χ4n) is 2.76. The summed E-state index contributed by atoms with van der Waals surface area (Å²) in [6.45, 7) is 9.23. The third kappa shape index (κ3) is 6.10. The van der Waals surface area contributed by atoms with E-state index in [9.17, 15) is 8.42 Å². The van der Waals surface area contributed by atoms with Crippen LogP contribution in [-0.2, 0) is 26.4 Å². The van der Waals surface area contributed by atoms with Crippen molar-refractivity contribution in [2.75, 3.05) is 6.61 Å². The molecule has 3 nitrogen and oxygen atoms in total. The van der Waals surface area contributed by atoms with Crippen LogP contribution in [0.25, 0.3) is 0 Å². The lowest BCUT2D eigenvalue weighted by molar-refractivity contribution is 0.329. The molecule has 2 rings (SSSR count). The van der Waals surface area contributed by atoms with Crippen LogP contribution in [0.4, 0.5) is 0 Å². The minimum Gasteiger partial charge on any atom is -0.418 e. The summed E-state index contributed by atoms with van der Waals surface area (Å²) in [4.78, 5) is 0.381. The topological polar surface area (TPSA) is 43.4 Å². The van der Waals surface area contributed by atoms with Crippen molar-refractivity contribution in [3.63, 3.8) is 0 Å². The summed E-state index contributed by atoms with van der Waals surface area (Å²) >= 11 is 0. The first-order valence-electron chi connectivity index (χ1n) is 8.73. The van der Waals surface area contributed by atoms with Crippen LogP contribution in [0.15, 0.2) is 53.4 Å². The fraction of sp³-hybridized carbons (Fsp3) is 0.400. The molecule has 0 heterocycles. The van der Waals surface area contributed by atoms with Crippen LogP contribution in [-0.4, -0.2) is 23.3 Å². The van der Waals surface area contributed by atoms with Crippen LogP contribution in [0.5, 0.6) is 0 Å². The zero-order valence-electron chi connectivity index (χ0n) is 15.6. The number of hydrogen-bond donors (Lipinski definition) is 0. The molecule has 0 saturated carbocycles. The predicted octanol–water partition coefficient (Wildman–Crippen LogP) is 4.75. The Bertz CT molecular complexity index is 779. The number of aryl methyl sites for hydroxylation is 2. The van der Waals surface area contributed by atoms with Crippen molar-refractivity contribution in [1.82, 2.24) is 0 Å². The lowest BCUT2D eigenvalue weighted by Gasteiger charge is -2.21. The van der Waals surface area contributed by atoms with E-state index in [1.807, 2.05) is 50.2 Å². The standard InChI is InChI=1S/C20H28O3SSi/c1-5-23-25(3,4)15-14-18-8-10-19(11-9-18)16-24(21,22)20-12-6-17(2)7-13-20/h6-13H,5,14-16H2,1-4H3. The van der Waals surface area contributed by atoms with Gasteiger partial charge in [-0.05, 0) is 62.7 Å². The normalized spacial score (nSPS) is 12.3. The Morgan fingerprint density at radius 1 is 0.920 bits per heavy atom. The molecule has 0 aliphatic heterocycles. The molecule has 136 valence electrons. The lowest BCUT2D eigenvalue weighted by Crippen LogP contribution is -2.30. The summed E-state index contributed by atoms with van der Waals surface area (Å²) in [6.07, 6.45) is 0.976. The number of benzene rings is 2. The molecule has 2 aromatic rings. The highest BCUT2D eigenvalue weighted by atomic mass is 32.2. The van der Waals surface area contributed by atoms with Crippen molar-refractivity contribution in [2.45, 2.75) is 50.1 Å². The summed E-state index contributed by atoms with van der Waals surface area (Å²) in [5, 5.41) is 0. The van der Waals surface area contributed by atoms with E-state index in [2.05, 4.69) is 13.1 Å². The monoisotopic (exact) mass is 376 g/mol. The molecule has 2 aromatic carbocycles. The highest BCUT2D eigenvalue weighted by molar-refractivity contribution is 7.90. The molecule has 0 aromatic heterocycles. The van der Waals surface area contributed by atoms with Crippen LogP contribution >= 0.6 is 0 Å². The van der Waals surface area contributed by atoms with E-state index in [1.54, 1.807) is 12.1 Å². The summed E-state index contributed by atoms with van der Waals surface area (Å²) in [7, 11) is -4.88. The first-order chi connectivity index (χ1) is 11.7. The summed E-state index contributed by atoms with van der Waals surface area (Å²) in [5.41, 5.74) is 3.12. The Morgan fingerprint density at radius 2 is 1.48 bits per heavy atom. The molecule has 25 heavy (non-hydrogen) atoms. The Balaban J connectivity index is 2.01. The Hall–Kier alpha value is -1.43. The second-order valence-corrected chi connectivity index (χ2v) is 13.4. The van der Waals surface area contributed by atoms with Gasteiger partial charge < -0.3 is 4.43 Å². The highest BCUT2D eigenvalue weighted by Crippen LogP contribution is 2.19. The Kier molecular flexibility index (Phi) is 6.60. The third-order valence-electron chi connectivity index (χ3n) is 4.31. The molecule has 5 heteroatoms. The van der Waals surface area contributed by atoms with Crippen molar-refractivity contribution < 1.29 is 12.8 Å². The average molecular weight is 377 g/mol. The first kappa shape index (κ1) is 19.9. The number of hydrogen-bond acceptors (Lipinski definition) is 3. The van der Waals surface area contributed by atoms with E-state index in [0.29, 0.717) is 4.90 Å². The van der Waals surface area contributed by atoms with Crippen molar-refractivity contribution in [1.29, 1.82) is 0 Å². The molecule has 0 bridgehead atoms. The molecule has 0 fully saturated rings. The summed E-state index contributed by atoms with van der Waals surface area (Å²) in [5.74, 6) is 0.0372. The SMILES string of the molecule is CCO[Si](C)(C)CCc1ccc(CS(=O)(=O)c2ccc(C)cc2)cc1. The maximum atomic E-state index is 12.5. The fourth-order valence-corrected chi connectivity index (χ4v) is 5.92. The molecule has 0 unspecified atom stereocenters. The zero-order valence-corrected chi connectivity index (χ0v) is 17.4. The van der Waals surface area contributed by atoms with Gasteiger partial charge in [-0.15, -0.1) is 0 Å². The van der Waals surface area contributed by atoms with Crippen LogP contribution < -0.4 is 0 Å². The van der Waals surface area contributed by atoms with E-state index in [1.165, 1.54) is 5.56 Å². The quantitative estimate of drug-likeness (QED) is 0.624. The minimum absolute atomic E-state index is 0.0372. The molecule has 0 aliphatic carbocycles. The van der Waals surface area contributed by atoms with Gasteiger partial charge in [0.15, 0.2) is 18.2 Å². The maximum Gasteiger partial charge on any atom is 0.187 e. The van der Waals surface area contributed by atoms with E-state index in [-0.39, 0.29) is 5.75 Å². The van der Waals surface area contributed by atoms with Gasteiger partial charge in [0.05, 0.1) is 10.6 Å². The lowest BCUT2D eigenvalue weighted by atomic mass is 10.1. The molecule has 0 atom stereocenters. The van der Waals surface area contributed by atoms with Crippen molar-refractivity contribution in [2.24, 2.45) is 0 Å². The van der Waals surface area contributed by atoms with Crippen LogP contribution in [0, 0.1) is 6.92 Å². The number of rotatable bonds is 8. The molecular weight excluding hydrogens is 348 g/mol. The number of sulfone groups is 1. The van der Waals surface area contributed by atoms with Crippen molar-refractivity contribution in [3.05, 3.63) is 65.2 Å². The van der Waals surface area contributed by atoms with Gasteiger partial charge in [0.1, 0.15) is 0 Å². The maximum absolute atomic E-state index is 12.5. The molecular formula is C20H28O3SSi. The van der Waals surface area contributed by atoms with Gasteiger partial charge >= 0.3 is 0 Å².